The number of carboxylic acids is 1. The third-order valence-electron chi connectivity index (χ3n) is 26.1. The van der Waals surface area contributed by atoms with Gasteiger partial charge in [-0.1, -0.05) is 79.6 Å². The van der Waals surface area contributed by atoms with Crippen LogP contribution in [0, 0.1) is 35.5 Å². The highest BCUT2D eigenvalue weighted by molar-refractivity contribution is 8.76. The Balaban J connectivity index is 0.600. The number of piperidine rings is 1. The maximum Gasteiger partial charge on any atom is 0.426 e. The number of methoxy groups -OCH3 is 1. The Bertz CT molecular complexity index is 5110. The minimum atomic E-state index is -2.59. The maximum absolute atomic E-state index is 15.3. The van der Waals surface area contributed by atoms with Crippen LogP contribution in [-0.2, 0) is 71.6 Å². The molecule has 16 N–H and O–H groups in total. The lowest BCUT2D eigenvalue weighted by Gasteiger charge is -2.63. The molecule has 3 aromatic carbocycles. The van der Waals surface area contributed by atoms with Crippen molar-refractivity contribution in [3.05, 3.63) is 129 Å². The quantitative estimate of drug-likeness (QED) is 0.00424. The first-order valence-corrected chi connectivity index (χ1v) is 45.4. The van der Waals surface area contributed by atoms with Gasteiger partial charge in [0, 0.05) is 163 Å². The van der Waals surface area contributed by atoms with E-state index in [1.54, 1.807) is 52.3 Å². The van der Waals surface area contributed by atoms with Gasteiger partial charge in [0.25, 0.3) is 23.8 Å². The van der Waals surface area contributed by atoms with E-state index in [1.807, 2.05) is 55.2 Å². The molecule has 2 saturated heterocycles. The highest BCUT2D eigenvalue weighted by Crippen LogP contribution is 2.68. The predicted molar refractivity (Wildman–Crippen MR) is 471 cm³/mol. The van der Waals surface area contributed by atoms with Crippen LogP contribution in [0.1, 0.15) is 175 Å². The predicted octanol–water partition coefficient (Wildman–Crippen LogP) is 5.57. The number of para-hydroxylation sites is 1. The van der Waals surface area contributed by atoms with Crippen molar-refractivity contribution in [1.82, 2.24) is 66.8 Å². The molecular formula is C88H117N17O18S2. The number of carboxylic acid groups (broad SMARTS) is 1. The molecule has 15 atom stereocenters. The van der Waals surface area contributed by atoms with Crippen molar-refractivity contribution in [1.29, 1.82) is 5.41 Å². The van der Waals surface area contributed by atoms with Crippen molar-refractivity contribution in [2.45, 2.75) is 209 Å². The molecule has 0 radical (unpaired) electrons. The van der Waals surface area contributed by atoms with E-state index in [9.17, 15) is 68.4 Å². The van der Waals surface area contributed by atoms with Crippen molar-refractivity contribution in [3.8, 4) is 5.75 Å². The molecule has 5 aliphatic heterocycles. The van der Waals surface area contributed by atoms with Crippen LogP contribution in [0.15, 0.2) is 83.8 Å². The lowest BCUT2D eigenvalue weighted by atomic mass is 9.47. The summed E-state index contributed by atoms with van der Waals surface area (Å²) < 4.78 is 18.0. The molecule has 12 rings (SSSR count). The van der Waals surface area contributed by atoms with Crippen LogP contribution >= 0.6 is 21.6 Å². The first-order chi connectivity index (χ1) is 59.7. The number of hydrazine groups is 1. The van der Waals surface area contributed by atoms with E-state index >= 15 is 4.79 Å². The lowest BCUT2D eigenvalue weighted by molar-refractivity contribution is -0.204. The Kier molecular flexibility index (Phi) is 30.2. The molecule has 6 aromatic rings. The van der Waals surface area contributed by atoms with E-state index in [0.29, 0.717) is 124 Å². The highest BCUT2D eigenvalue weighted by atomic mass is 33.1. The van der Waals surface area contributed by atoms with Crippen LogP contribution in [0.3, 0.4) is 0 Å². The monoisotopic (exact) mass is 1760 g/mol. The number of ketones is 3. The number of carbonyl (C=O) groups is 10. The second-order valence-electron chi connectivity index (χ2n) is 34.4. The molecule has 1 aliphatic carbocycles. The highest BCUT2D eigenvalue weighted by Gasteiger charge is 2.79. The van der Waals surface area contributed by atoms with E-state index in [1.165, 1.54) is 41.6 Å². The number of fused-ring (bicyclic) bond motifs is 7. The molecule has 1 saturated carbocycles. The largest absolute Gasteiger partial charge is 0.496 e. The molecule has 2 bridgehead atoms. The van der Waals surface area contributed by atoms with Crippen LogP contribution in [0.2, 0.25) is 0 Å². The number of carbonyl (C=O) groups excluding carboxylic acids is 9. The van der Waals surface area contributed by atoms with Gasteiger partial charge in [0.05, 0.1) is 54.7 Å². The molecule has 3 aromatic heterocycles. The smallest absolute Gasteiger partial charge is 0.426 e. The summed E-state index contributed by atoms with van der Waals surface area (Å²) in [4.78, 5) is 173. The Morgan fingerprint density at radius 2 is 1.58 bits per heavy atom. The molecule has 125 heavy (non-hydrogen) atoms. The zero-order chi connectivity index (χ0) is 89.9. The van der Waals surface area contributed by atoms with Gasteiger partial charge in [-0.25, -0.2) is 25.2 Å². The fourth-order valence-electron chi connectivity index (χ4n) is 20.1. The second kappa shape index (κ2) is 40.4. The van der Waals surface area contributed by atoms with Gasteiger partial charge in [0.1, 0.15) is 36.7 Å². The molecular weight excluding hydrogens is 1650 g/mol. The number of likely N-dealkylation sites (N-methyl/N-ethyl adjacent to an activating group) is 1. The van der Waals surface area contributed by atoms with Crippen LogP contribution in [0.25, 0.3) is 22.1 Å². The van der Waals surface area contributed by atoms with Gasteiger partial charge in [-0.05, 0) is 144 Å². The first-order valence-electron chi connectivity index (χ1n) is 43.0. The summed E-state index contributed by atoms with van der Waals surface area (Å²) in [5.74, 6) is -5.53. The van der Waals surface area contributed by atoms with E-state index in [-0.39, 0.29) is 124 Å². The lowest BCUT2D eigenvalue weighted by Crippen LogP contribution is -2.82. The number of anilines is 2. The molecule has 3 fully saturated rings. The van der Waals surface area contributed by atoms with Crippen molar-refractivity contribution in [3.63, 3.8) is 0 Å². The van der Waals surface area contributed by atoms with Crippen LogP contribution in [0.4, 0.5) is 16.2 Å². The Morgan fingerprint density at radius 1 is 0.840 bits per heavy atom. The molecule has 8 heterocycles. The average Bonchev–Trinajstić information content (AvgIpc) is 1.49. The van der Waals surface area contributed by atoms with Crippen molar-refractivity contribution < 1.29 is 82.6 Å². The number of hydrogen-bond donors (Lipinski definition) is 15. The Labute approximate surface area is 732 Å². The van der Waals surface area contributed by atoms with Gasteiger partial charge in [0.2, 0.25) is 11.8 Å². The normalized spacial score (nSPS) is 24.6. The Morgan fingerprint density at radius 3 is 2.32 bits per heavy atom. The molecule has 674 valence electrons. The average molecular weight is 1770 g/mol. The number of guanidine groups is 1. The number of H-pyrrole nitrogens is 2. The summed E-state index contributed by atoms with van der Waals surface area (Å²) in [7, 11) is 6.18. The minimum absolute atomic E-state index is 0.0126. The number of aliphatic hydroxyl groups is 3. The number of aliphatic hydroxyl groups excluding tert-OH is 1. The number of amides is 5. The number of aryl methyl sites for hydroxylation is 1. The number of aromatic nitrogens is 5. The standard InChI is InChI=1S/C88H117N17O18S2/c1-9-84(119)42-54-43-86(48-122-49-106,72-61(28-33-104(46-54)47-84)60-16-11-12-17-64(60)99-72)63-40-62-66(41-69(63)121-8)103(7)79-87(62)30-34-105-32-15-29-85(10-2,78(87)105)80(116)88(79,120)81(117)101-102-83(118)123-35-37-125-124-36-14-19-67(108)52(5)94-74(112)51(4)39-68(109)65(18-13-31-91-82(89)90)100-75(113)50(3)38-59(107)26-24-57(25-27-70(110)111)98-76(114)55-20-22-56(23-21-55)92-44-58-45-93-73-71(97-58)77(115)96-53(6)95-73/h11-12,15-17,20-23,29,40-41,45,49-52,54,57,65,78-80,92,99,116,119-120H,9-10,13-14,18-19,24-28,30-39,42-44,46-48H2,1-8H3,(H,94,112)(H,98,114)(H,100,113)(H,101,117)(H,102,118)(H,110,111)(H4,89,90,91)(H,93,95,96,115)/t50-,51-,52+,54-,57-,65+,78+,79-,80-,84+,85-,86+,87-,88+/m1/s1. The summed E-state index contributed by atoms with van der Waals surface area (Å²) in [6.07, 6.45) is 5.61. The summed E-state index contributed by atoms with van der Waals surface area (Å²) >= 11 is 0. The number of benzene rings is 3. The number of hydrogen-bond acceptors (Lipinski definition) is 27. The van der Waals surface area contributed by atoms with Gasteiger partial charge in [0.15, 0.2) is 34.3 Å². The summed E-state index contributed by atoms with van der Waals surface area (Å²) in [6.45, 7) is 13.9. The van der Waals surface area contributed by atoms with Crippen LogP contribution < -0.4 is 58.4 Å². The van der Waals surface area contributed by atoms with Gasteiger partial charge in [-0.2, -0.15) is 0 Å². The van der Waals surface area contributed by atoms with Gasteiger partial charge < -0.3 is 81.8 Å². The molecule has 35 nitrogen and oxygen atoms in total. The SMILES string of the molecule is CC[C@]1(O)C[C@H]2CN(CCc3c([nH]c4ccccc34)[C@@](COC=O)(c3cc4c(cc3OC)N(C)[C@H]3[C@@](O)(C(=O)NNC(=O)OCCSSCCCC(=O)[C@H](C)NC(=O)[C@H](C)CC(=O)[C@H](CCCNC(=N)N)NC(=O)[C@H](C)CC(=O)CC[C@H](CCC(=O)O)NC(=O)c5ccc(NCc6cnc7nc(C)[nH]c(=O)c7n6)cc5)[C@H](O)[C@]5(CC)C=CCN6CC[C@]43[C@@H]65)C2)C1. The van der Waals surface area contributed by atoms with Crippen LogP contribution in [0.5, 0.6) is 5.75 Å². The topological polar surface area (TPSA) is 510 Å². The zero-order valence-electron chi connectivity index (χ0n) is 72.0. The molecule has 5 amide bonds. The fraction of sp³-hybridized carbons (Fsp3) is 0.557. The third kappa shape index (κ3) is 20.3. The number of ether oxygens (including phenoxy) is 3. The molecule has 6 aliphatic rings. The van der Waals surface area contributed by atoms with Gasteiger partial charge in [-0.15, -0.1) is 0 Å². The van der Waals surface area contributed by atoms with Gasteiger partial charge >= 0.3 is 12.1 Å². The number of nitrogens with zero attached hydrogens (tertiary/aromatic N) is 6. The minimum Gasteiger partial charge on any atom is -0.496 e. The van der Waals surface area contributed by atoms with E-state index in [4.69, 9.17) is 25.4 Å². The summed E-state index contributed by atoms with van der Waals surface area (Å²) in [5, 5.41) is 71.1. The third-order valence-corrected chi connectivity index (χ3v) is 28.6. The van der Waals surface area contributed by atoms with E-state index in [2.05, 4.69) is 84.3 Å². The number of Topliss-reactive ketones (excluding diaryl/α,β-unsaturated/α-hetero) is 3. The zero-order valence-corrected chi connectivity index (χ0v) is 73.6. The Hall–Kier alpha value is -10.6. The van der Waals surface area contributed by atoms with Crippen LogP contribution in [-0.4, -0.2) is 246 Å². The van der Waals surface area contributed by atoms with Crippen molar-refractivity contribution >= 4 is 121 Å². The number of rotatable bonds is 41. The molecule has 1 spiro atoms. The number of aliphatic carboxylic acids is 1. The first kappa shape index (κ1) is 93.6. The maximum atomic E-state index is 15.3. The second-order valence-corrected chi connectivity index (χ2v) is 37.1. The fourth-order valence-corrected chi connectivity index (χ4v) is 22.0. The van der Waals surface area contributed by atoms with E-state index < -0.39 is 123 Å². The van der Waals surface area contributed by atoms with Crippen molar-refractivity contribution in [2.75, 3.05) is 88.4 Å². The molecule has 37 heteroatoms. The van der Waals surface area contributed by atoms with E-state index in [0.717, 1.165) is 33.3 Å². The number of nitrogens with one attached hydrogen (secondary N) is 10. The van der Waals surface area contributed by atoms with Gasteiger partial charge in [-0.3, -0.25) is 68.6 Å². The number of nitrogens with two attached hydrogens (primary N) is 1. The summed E-state index contributed by atoms with van der Waals surface area (Å²) in [6, 6.07) is 14.3. The summed E-state index contributed by atoms with van der Waals surface area (Å²) in [5.41, 5.74) is 9.68. The number of aromatic amines is 2. The van der Waals surface area contributed by atoms with Crippen molar-refractivity contribution in [2.24, 2.45) is 28.9 Å². The molecule has 1 unspecified atom stereocenters.